The van der Waals surface area contributed by atoms with Gasteiger partial charge in [0.2, 0.25) is 0 Å². The summed E-state index contributed by atoms with van der Waals surface area (Å²) in [5, 5.41) is 4.44. The molecule has 0 amide bonds. The molecule has 0 aromatic heterocycles. The van der Waals surface area contributed by atoms with Crippen LogP contribution in [0.3, 0.4) is 0 Å². The van der Waals surface area contributed by atoms with E-state index in [2.05, 4.69) is 43.1 Å². The summed E-state index contributed by atoms with van der Waals surface area (Å²) in [6.07, 6.45) is 3.87. The van der Waals surface area contributed by atoms with Crippen LogP contribution >= 0.6 is 11.6 Å². The minimum absolute atomic E-state index is 0.673. The molecule has 1 atom stereocenters. The Morgan fingerprint density at radius 2 is 2.10 bits per heavy atom. The quantitative estimate of drug-likeness (QED) is 0.847. The third kappa shape index (κ3) is 4.89. The van der Waals surface area contributed by atoms with Crippen LogP contribution < -0.4 is 10.2 Å². The summed E-state index contributed by atoms with van der Waals surface area (Å²) in [5.41, 5.74) is 2.59. The molecule has 0 bridgehead atoms. The topological polar surface area (TPSA) is 15.3 Å². The van der Waals surface area contributed by atoms with Crippen LogP contribution in [0.1, 0.15) is 45.6 Å². The van der Waals surface area contributed by atoms with Gasteiger partial charge in [-0.3, -0.25) is 0 Å². The molecule has 1 unspecified atom stereocenters. The molecule has 0 radical (unpaired) electrons. The first-order valence-electron chi connectivity index (χ1n) is 8.31. The van der Waals surface area contributed by atoms with E-state index < -0.39 is 0 Å². The van der Waals surface area contributed by atoms with Gasteiger partial charge < -0.3 is 10.2 Å². The molecule has 21 heavy (non-hydrogen) atoms. The second-order valence-corrected chi connectivity index (χ2v) is 7.20. The monoisotopic (exact) mass is 308 g/mol. The summed E-state index contributed by atoms with van der Waals surface area (Å²) in [6.45, 7) is 11.0. The average molecular weight is 309 g/mol. The fourth-order valence-electron chi connectivity index (χ4n) is 3.04. The molecule has 1 aliphatic heterocycles. The van der Waals surface area contributed by atoms with Gasteiger partial charge in [0.1, 0.15) is 0 Å². The van der Waals surface area contributed by atoms with E-state index >= 15 is 0 Å². The third-order valence-electron chi connectivity index (χ3n) is 4.27. The van der Waals surface area contributed by atoms with Gasteiger partial charge in [-0.25, -0.2) is 0 Å². The fourth-order valence-corrected chi connectivity index (χ4v) is 3.35. The second-order valence-electron chi connectivity index (χ2n) is 6.80. The standard InChI is InChI=1S/C18H29ClN2/c1-14(2)12-20-13-16-7-4-8-17(19)18(16)21-10-5-6-15(3)9-11-21/h4,7-8,14-15,20H,5-6,9-13H2,1-3H3. The zero-order chi connectivity index (χ0) is 15.2. The minimum atomic E-state index is 0.673. The zero-order valence-electron chi connectivity index (χ0n) is 13.7. The Morgan fingerprint density at radius 3 is 2.86 bits per heavy atom. The highest BCUT2D eigenvalue weighted by Gasteiger charge is 2.18. The van der Waals surface area contributed by atoms with Crippen LogP contribution in [0.25, 0.3) is 0 Å². The van der Waals surface area contributed by atoms with Gasteiger partial charge in [0, 0.05) is 19.6 Å². The molecule has 1 fully saturated rings. The van der Waals surface area contributed by atoms with E-state index in [0.717, 1.165) is 37.1 Å². The van der Waals surface area contributed by atoms with Gasteiger partial charge in [-0.15, -0.1) is 0 Å². The van der Waals surface area contributed by atoms with Gasteiger partial charge in [-0.05, 0) is 49.3 Å². The average Bonchev–Trinajstić information content (AvgIpc) is 2.63. The normalized spacial score (nSPS) is 19.9. The summed E-state index contributed by atoms with van der Waals surface area (Å²) in [7, 11) is 0. The molecular weight excluding hydrogens is 280 g/mol. The molecule has 1 aliphatic rings. The van der Waals surface area contributed by atoms with Crippen molar-refractivity contribution in [2.45, 2.75) is 46.6 Å². The largest absolute Gasteiger partial charge is 0.370 e. The van der Waals surface area contributed by atoms with Crippen LogP contribution in [-0.2, 0) is 6.54 Å². The highest BCUT2D eigenvalue weighted by atomic mass is 35.5. The molecule has 118 valence electrons. The van der Waals surface area contributed by atoms with E-state index in [4.69, 9.17) is 11.6 Å². The first-order valence-corrected chi connectivity index (χ1v) is 8.68. The maximum absolute atomic E-state index is 6.52. The lowest BCUT2D eigenvalue weighted by Gasteiger charge is -2.27. The van der Waals surface area contributed by atoms with E-state index in [0.29, 0.717) is 5.92 Å². The van der Waals surface area contributed by atoms with Crippen LogP contribution in [0.2, 0.25) is 5.02 Å². The zero-order valence-corrected chi connectivity index (χ0v) is 14.4. The number of anilines is 1. The molecule has 0 spiro atoms. The minimum Gasteiger partial charge on any atom is -0.370 e. The van der Waals surface area contributed by atoms with Crippen molar-refractivity contribution in [1.29, 1.82) is 0 Å². The molecule has 2 rings (SSSR count). The summed E-state index contributed by atoms with van der Waals surface area (Å²) < 4.78 is 0. The highest BCUT2D eigenvalue weighted by molar-refractivity contribution is 6.33. The van der Waals surface area contributed by atoms with Crippen molar-refractivity contribution in [2.75, 3.05) is 24.5 Å². The van der Waals surface area contributed by atoms with Crippen molar-refractivity contribution in [3.05, 3.63) is 28.8 Å². The predicted octanol–water partition coefficient (Wildman–Crippen LogP) is 4.71. The number of nitrogens with zero attached hydrogens (tertiary/aromatic N) is 1. The maximum Gasteiger partial charge on any atom is 0.0642 e. The molecule has 1 saturated heterocycles. The van der Waals surface area contributed by atoms with Crippen LogP contribution in [0.5, 0.6) is 0 Å². The molecular formula is C18H29ClN2. The summed E-state index contributed by atoms with van der Waals surface area (Å²) in [6, 6.07) is 6.30. The Hall–Kier alpha value is -0.730. The van der Waals surface area contributed by atoms with E-state index in [9.17, 15) is 0 Å². The summed E-state index contributed by atoms with van der Waals surface area (Å²) in [4.78, 5) is 2.50. The maximum atomic E-state index is 6.52. The molecule has 0 aliphatic carbocycles. The van der Waals surface area contributed by atoms with Crippen LogP contribution in [0.15, 0.2) is 18.2 Å². The van der Waals surface area contributed by atoms with Gasteiger partial charge in [-0.1, -0.05) is 44.5 Å². The van der Waals surface area contributed by atoms with Crippen LogP contribution in [0, 0.1) is 11.8 Å². The lowest BCUT2D eigenvalue weighted by Crippen LogP contribution is -2.27. The second kappa shape index (κ2) is 8.05. The smallest absolute Gasteiger partial charge is 0.0642 e. The lowest BCUT2D eigenvalue weighted by molar-refractivity contribution is 0.521. The highest BCUT2D eigenvalue weighted by Crippen LogP contribution is 2.32. The molecule has 0 saturated carbocycles. The molecule has 1 heterocycles. The van der Waals surface area contributed by atoms with Gasteiger partial charge >= 0.3 is 0 Å². The number of hydrogen-bond acceptors (Lipinski definition) is 2. The van der Waals surface area contributed by atoms with Crippen LogP contribution in [-0.4, -0.2) is 19.6 Å². The number of hydrogen-bond donors (Lipinski definition) is 1. The van der Waals surface area contributed by atoms with E-state index in [1.807, 2.05) is 6.07 Å². The Bertz CT molecular complexity index is 445. The third-order valence-corrected chi connectivity index (χ3v) is 4.58. The van der Waals surface area contributed by atoms with E-state index in [-0.39, 0.29) is 0 Å². The fraction of sp³-hybridized carbons (Fsp3) is 0.667. The molecule has 2 nitrogen and oxygen atoms in total. The lowest BCUT2D eigenvalue weighted by atomic mass is 10.0. The molecule has 1 aromatic carbocycles. The van der Waals surface area contributed by atoms with Crippen molar-refractivity contribution in [3.8, 4) is 0 Å². The van der Waals surface area contributed by atoms with Gasteiger partial charge in [0.15, 0.2) is 0 Å². The number of rotatable bonds is 5. The first-order chi connectivity index (χ1) is 10.1. The number of halogens is 1. The number of nitrogens with one attached hydrogen (secondary N) is 1. The van der Waals surface area contributed by atoms with Crippen molar-refractivity contribution < 1.29 is 0 Å². The summed E-state index contributed by atoms with van der Waals surface area (Å²) >= 11 is 6.52. The van der Waals surface area contributed by atoms with Crippen molar-refractivity contribution in [2.24, 2.45) is 11.8 Å². The van der Waals surface area contributed by atoms with Gasteiger partial charge in [0.05, 0.1) is 10.7 Å². The van der Waals surface area contributed by atoms with Gasteiger partial charge in [0.25, 0.3) is 0 Å². The Balaban J connectivity index is 2.12. The molecule has 3 heteroatoms. The molecule has 1 aromatic rings. The van der Waals surface area contributed by atoms with Crippen molar-refractivity contribution >= 4 is 17.3 Å². The molecule has 1 N–H and O–H groups in total. The Kier molecular flexibility index (Phi) is 6.38. The van der Waals surface area contributed by atoms with Crippen molar-refractivity contribution in [1.82, 2.24) is 5.32 Å². The van der Waals surface area contributed by atoms with Crippen LogP contribution in [0.4, 0.5) is 5.69 Å². The van der Waals surface area contributed by atoms with E-state index in [1.54, 1.807) is 0 Å². The number of para-hydroxylation sites is 1. The number of benzene rings is 1. The van der Waals surface area contributed by atoms with Crippen molar-refractivity contribution in [3.63, 3.8) is 0 Å². The Labute approximate surface area is 134 Å². The van der Waals surface area contributed by atoms with E-state index in [1.165, 1.54) is 30.5 Å². The predicted molar refractivity (Wildman–Crippen MR) is 93.2 cm³/mol. The summed E-state index contributed by atoms with van der Waals surface area (Å²) in [5.74, 6) is 1.51. The van der Waals surface area contributed by atoms with Gasteiger partial charge in [-0.2, -0.15) is 0 Å². The Morgan fingerprint density at radius 1 is 1.29 bits per heavy atom. The SMILES string of the molecule is CC(C)CNCc1cccc(Cl)c1N1CCCC(C)CC1. The first kappa shape index (κ1) is 16.6.